The molecule has 1 atom stereocenters. The maximum atomic E-state index is 12.1. The third-order valence-corrected chi connectivity index (χ3v) is 5.15. The van der Waals surface area contributed by atoms with Crippen molar-refractivity contribution in [1.82, 2.24) is 20.2 Å². The fourth-order valence-corrected chi connectivity index (χ4v) is 3.78. The minimum absolute atomic E-state index is 0.0426. The Labute approximate surface area is 147 Å². The number of piperidine rings is 1. The Morgan fingerprint density at radius 3 is 2.80 bits per heavy atom. The number of rotatable bonds is 3. The molecule has 2 aliphatic heterocycles. The second-order valence-electron chi connectivity index (χ2n) is 6.56. The SMILES string of the molecule is COc1ncnc2ccc(N3CCN(C4CCCNC4=O)CC3)cc12. The molecule has 25 heavy (non-hydrogen) atoms. The van der Waals surface area contributed by atoms with Gasteiger partial charge in [-0.2, -0.15) is 0 Å². The van der Waals surface area contributed by atoms with Crippen LogP contribution in [0.15, 0.2) is 24.5 Å². The second-order valence-corrected chi connectivity index (χ2v) is 6.56. The van der Waals surface area contributed by atoms with Gasteiger partial charge in [-0.05, 0) is 31.0 Å². The summed E-state index contributed by atoms with van der Waals surface area (Å²) >= 11 is 0. The number of anilines is 1. The molecular formula is C18H23N5O2. The molecule has 2 aromatic rings. The third-order valence-electron chi connectivity index (χ3n) is 5.15. The van der Waals surface area contributed by atoms with E-state index in [1.54, 1.807) is 7.11 Å². The van der Waals surface area contributed by atoms with Crippen molar-refractivity contribution < 1.29 is 9.53 Å². The smallest absolute Gasteiger partial charge is 0.237 e. The molecule has 0 bridgehead atoms. The molecule has 2 saturated heterocycles. The Morgan fingerprint density at radius 1 is 1.20 bits per heavy atom. The van der Waals surface area contributed by atoms with Crippen LogP contribution in [-0.4, -0.2) is 66.7 Å². The summed E-state index contributed by atoms with van der Waals surface area (Å²) in [5.41, 5.74) is 2.03. The normalized spacial score (nSPS) is 22.0. The molecule has 0 saturated carbocycles. The van der Waals surface area contributed by atoms with Crippen LogP contribution >= 0.6 is 0 Å². The van der Waals surface area contributed by atoms with Crippen molar-refractivity contribution in [3.05, 3.63) is 24.5 Å². The number of nitrogens with zero attached hydrogens (tertiary/aromatic N) is 4. The van der Waals surface area contributed by atoms with Crippen molar-refractivity contribution in [1.29, 1.82) is 0 Å². The highest BCUT2D eigenvalue weighted by Crippen LogP contribution is 2.27. The molecule has 2 aliphatic rings. The van der Waals surface area contributed by atoms with Gasteiger partial charge in [-0.25, -0.2) is 9.97 Å². The van der Waals surface area contributed by atoms with Gasteiger partial charge < -0.3 is 15.0 Å². The molecule has 3 heterocycles. The Kier molecular flexibility index (Phi) is 4.40. The number of amides is 1. The number of ether oxygens (including phenoxy) is 1. The summed E-state index contributed by atoms with van der Waals surface area (Å²) in [6.45, 7) is 4.43. The first-order valence-corrected chi connectivity index (χ1v) is 8.82. The van der Waals surface area contributed by atoms with Crippen LogP contribution in [0.2, 0.25) is 0 Å². The van der Waals surface area contributed by atoms with E-state index in [0.717, 1.165) is 62.2 Å². The molecule has 1 unspecified atom stereocenters. The highest BCUT2D eigenvalue weighted by atomic mass is 16.5. The number of carbonyl (C=O) groups is 1. The zero-order valence-electron chi connectivity index (χ0n) is 14.4. The third kappa shape index (κ3) is 3.11. The number of carbonyl (C=O) groups excluding carboxylic acids is 1. The molecule has 1 aromatic carbocycles. The first-order valence-electron chi connectivity index (χ1n) is 8.82. The number of fused-ring (bicyclic) bond motifs is 1. The van der Waals surface area contributed by atoms with Crippen molar-refractivity contribution in [2.75, 3.05) is 44.7 Å². The van der Waals surface area contributed by atoms with E-state index >= 15 is 0 Å². The molecule has 0 spiro atoms. The fraction of sp³-hybridized carbons (Fsp3) is 0.500. The van der Waals surface area contributed by atoms with Crippen molar-refractivity contribution >= 4 is 22.5 Å². The van der Waals surface area contributed by atoms with Gasteiger partial charge in [0, 0.05) is 38.4 Å². The lowest BCUT2D eigenvalue weighted by molar-refractivity contribution is -0.128. The second kappa shape index (κ2) is 6.84. The Balaban J connectivity index is 1.49. The van der Waals surface area contributed by atoms with Crippen molar-refractivity contribution in [2.24, 2.45) is 0 Å². The molecular weight excluding hydrogens is 318 g/mol. The number of methoxy groups -OCH3 is 1. The molecule has 1 N–H and O–H groups in total. The van der Waals surface area contributed by atoms with E-state index < -0.39 is 0 Å². The van der Waals surface area contributed by atoms with E-state index in [-0.39, 0.29) is 11.9 Å². The van der Waals surface area contributed by atoms with Gasteiger partial charge in [-0.3, -0.25) is 9.69 Å². The average Bonchev–Trinajstić information content (AvgIpc) is 2.67. The van der Waals surface area contributed by atoms with E-state index in [2.05, 4.69) is 37.2 Å². The minimum Gasteiger partial charge on any atom is -0.480 e. The maximum absolute atomic E-state index is 12.1. The molecule has 0 radical (unpaired) electrons. The lowest BCUT2D eigenvalue weighted by Gasteiger charge is -2.40. The van der Waals surface area contributed by atoms with Crippen LogP contribution in [0.3, 0.4) is 0 Å². The summed E-state index contributed by atoms with van der Waals surface area (Å²) in [4.78, 5) is 25.2. The Hall–Kier alpha value is -2.41. The number of benzene rings is 1. The van der Waals surface area contributed by atoms with E-state index in [1.807, 2.05) is 6.07 Å². The topological polar surface area (TPSA) is 70.6 Å². The summed E-state index contributed by atoms with van der Waals surface area (Å²) in [6, 6.07) is 6.24. The molecule has 4 rings (SSSR count). The summed E-state index contributed by atoms with van der Waals surface area (Å²) in [5.74, 6) is 0.789. The van der Waals surface area contributed by atoms with Crippen LogP contribution in [0.1, 0.15) is 12.8 Å². The number of piperazine rings is 1. The highest BCUT2D eigenvalue weighted by Gasteiger charge is 2.30. The Morgan fingerprint density at radius 2 is 2.04 bits per heavy atom. The molecule has 0 aliphatic carbocycles. The standard InChI is InChI=1S/C18H23N5O2/c1-25-18-14-11-13(4-5-15(14)20-12-21-18)22-7-9-23(10-8-22)16-3-2-6-19-17(16)24/h4-5,11-12,16H,2-3,6-10H2,1H3,(H,19,24). The molecule has 1 aromatic heterocycles. The average molecular weight is 341 g/mol. The maximum Gasteiger partial charge on any atom is 0.237 e. The van der Waals surface area contributed by atoms with E-state index in [9.17, 15) is 4.79 Å². The van der Waals surface area contributed by atoms with Gasteiger partial charge in [0.05, 0.1) is 24.1 Å². The summed E-state index contributed by atoms with van der Waals surface area (Å²) in [7, 11) is 1.63. The minimum atomic E-state index is 0.0426. The number of aromatic nitrogens is 2. The zero-order chi connectivity index (χ0) is 17.2. The lowest BCUT2D eigenvalue weighted by atomic mass is 10.0. The van der Waals surface area contributed by atoms with Gasteiger partial charge in [0.25, 0.3) is 0 Å². The molecule has 7 heteroatoms. The van der Waals surface area contributed by atoms with E-state index in [1.165, 1.54) is 6.33 Å². The monoisotopic (exact) mass is 341 g/mol. The van der Waals surface area contributed by atoms with E-state index in [4.69, 9.17) is 4.74 Å². The molecule has 7 nitrogen and oxygen atoms in total. The largest absolute Gasteiger partial charge is 0.480 e. The Bertz CT molecular complexity index is 773. The number of nitrogens with one attached hydrogen (secondary N) is 1. The van der Waals surface area contributed by atoms with E-state index in [0.29, 0.717) is 5.88 Å². The van der Waals surface area contributed by atoms with Gasteiger partial charge in [0.2, 0.25) is 11.8 Å². The first kappa shape index (κ1) is 16.1. The summed E-state index contributed by atoms with van der Waals surface area (Å²) in [6.07, 6.45) is 3.56. The highest BCUT2D eigenvalue weighted by molar-refractivity contribution is 5.86. The van der Waals surface area contributed by atoms with Crippen LogP contribution in [-0.2, 0) is 4.79 Å². The van der Waals surface area contributed by atoms with Gasteiger partial charge >= 0.3 is 0 Å². The van der Waals surface area contributed by atoms with Gasteiger partial charge in [0.1, 0.15) is 6.33 Å². The predicted octanol–water partition coefficient (Wildman–Crippen LogP) is 1.04. The molecule has 132 valence electrons. The first-order chi connectivity index (χ1) is 12.3. The van der Waals surface area contributed by atoms with Gasteiger partial charge in [0.15, 0.2) is 0 Å². The van der Waals surface area contributed by atoms with Gasteiger partial charge in [-0.15, -0.1) is 0 Å². The number of hydrogen-bond donors (Lipinski definition) is 1. The van der Waals surface area contributed by atoms with Crippen LogP contribution in [0, 0.1) is 0 Å². The summed E-state index contributed by atoms with van der Waals surface area (Å²) < 4.78 is 5.36. The van der Waals surface area contributed by atoms with Crippen LogP contribution in [0.25, 0.3) is 10.9 Å². The van der Waals surface area contributed by atoms with Crippen LogP contribution in [0.4, 0.5) is 5.69 Å². The predicted molar refractivity (Wildman–Crippen MR) is 95.9 cm³/mol. The van der Waals surface area contributed by atoms with Crippen molar-refractivity contribution in [3.8, 4) is 5.88 Å². The zero-order valence-corrected chi connectivity index (χ0v) is 14.4. The molecule has 2 fully saturated rings. The van der Waals surface area contributed by atoms with Gasteiger partial charge in [-0.1, -0.05) is 0 Å². The lowest BCUT2D eigenvalue weighted by Crippen LogP contribution is -2.56. The van der Waals surface area contributed by atoms with Crippen molar-refractivity contribution in [3.63, 3.8) is 0 Å². The van der Waals surface area contributed by atoms with Crippen LogP contribution in [0.5, 0.6) is 5.88 Å². The quantitative estimate of drug-likeness (QED) is 0.899. The molecule has 1 amide bonds. The fourth-order valence-electron chi connectivity index (χ4n) is 3.78. The number of hydrogen-bond acceptors (Lipinski definition) is 6. The summed E-state index contributed by atoms with van der Waals surface area (Å²) in [5, 5.41) is 3.91. The van der Waals surface area contributed by atoms with Crippen molar-refractivity contribution in [2.45, 2.75) is 18.9 Å². The van der Waals surface area contributed by atoms with Crippen LogP contribution < -0.4 is 15.0 Å².